The fraction of sp³-hybridized carbons (Fsp3) is 0.174. The molecule has 4 amide bonds. The van der Waals surface area contributed by atoms with Crippen LogP contribution in [0.2, 0.25) is 0 Å². The summed E-state index contributed by atoms with van der Waals surface area (Å²) in [7, 11) is 0. The molecule has 0 aliphatic carbocycles. The molecule has 1 aromatic heterocycles. The molecular weight excluding hydrogens is 444 g/mol. The molecule has 5 rings (SSSR count). The van der Waals surface area contributed by atoms with Gasteiger partial charge in [0.2, 0.25) is 5.91 Å². The van der Waals surface area contributed by atoms with E-state index in [-0.39, 0.29) is 24.8 Å². The molecule has 3 aromatic rings. The highest BCUT2D eigenvalue weighted by Crippen LogP contribution is 2.35. The SMILES string of the molecule is C[C@@H]1Oc2ccc(-c3csc(NC(=O)CCN4C(=O)c5ccccc5C4=O)n3)cc2NC1=O. The zero-order valence-corrected chi connectivity index (χ0v) is 18.3. The third-order valence-electron chi connectivity index (χ3n) is 5.40. The number of anilines is 2. The number of ether oxygens (including phenoxy) is 1. The van der Waals surface area contributed by atoms with Crippen LogP contribution in [0.15, 0.2) is 47.8 Å². The minimum absolute atomic E-state index is 0.0145. The van der Waals surface area contributed by atoms with Crippen LogP contribution in [-0.4, -0.2) is 46.2 Å². The summed E-state index contributed by atoms with van der Waals surface area (Å²) in [5.74, 6) is -0.769. The van der Waals surface area contributed by atoms with Gasteiger partial charge in [-0.05, 0) is 37.3 Å². The third-order valence-corrected chi connectivity index (χ3v) is 6.16. The van der Waals surface area contributed by atoms with Gasteiger partial charge in [0.15, 0.2) is 11.2 Å². The maximum Gasteiger partial charge on any atom is 0.265 e. The Morgan fingerprint density at radius 2 is 1.88 bits per heavy atom. The van der Waals surface area contributed by atoms with Gasteiger partial charge in [0.05, 0.1) is 22.5 Å². The van der Waals surface area contributed by atoms with E-state index in [9.17, 15) is 19.2 Å². The maximum atomic E-state index is 12.4. The van der Waals surface area contributed by atoms with Crippen LogP contribution in [0.25, 0.3) is 11.3 Å². The normalized spacial score (nSPS) is 16.7. The molecule has 10 heteroatoms. The number of fused-ring (bicyclic) bond motifs is 2. The van der Waals surface area contributed by atoms with Crippen molar-refractivity contribution in [2.45, 2.75) is 19.4 Å². The first-order valence-corrected chi connectivity index (χ1v) is 11.1. The third kappa shape index (κ3) is 3.85. The smallest absolute Gasteiger partial charge is 0.265 e. The Morgan fingerprint density at radius 3 is 2.61 bits per heavy atom. The van der Waals surface area contributed by atoms with E-state index in [0.29, 0.717) is 33.4 Å². The molecule has 2 N–H and O–H groups in total. The second-order valence-corrected chi connectivity index (χ2v) is 8.46. The molecule has 0 fully saturated rings. The van der Waals surface area contributed by atoms with E-state index in [1.807, 2.05) is 6.07 Å². The lowest BCUT2D eigenvalue weighted by molar-refractivity contribution is -0.122. The summed E-state index contributed by atoms with van der Waals surface area (Å²) in [5.41, 5.74) is 2.67. The number of aromatic nitrogens is 1. The number of rotatable bonds is 5. The minimum Gasteiger partial charge on any atom is -0.479 e. The van der Waals surface area contributed by atoms with E-state index in [2.05, 4.69) is 15.6 Å². The number of thiazole rings is 1. The summed E-state index contributed by atoms with van der Waals surface area (Å²) in [5, 5.41) is 7.69. The zero-order chi connectivity index (χ0) is 23.1. The molecule has 3 heterocycles. The van der Waals surface area contributed by atoms with Crippen molar-refractivity contribution in [2.24, 2.45) is 0 Å². The molecule has 166 valence electrons. The molecule has 0 bridgehead atoms. The molecule has 0 spiro atoms. The second kappa shape index (κ2) is 8.14. The Bertz CT molecular complexity index is 1280. The molecule has 0 radical (unpaired) electrons. The van der Waals surface area contributed by atoms with E-state index < -0.39 is 17.9 Å². The molecule has 2 aliphatic rings. The summed E-state index contributed by atoms with van der Waals surface area (Å²) in [4.78, 5) is 54.6. The van der Waals surface area contributed by atoms with E-state index in [0.717, 1.165) is 10.5 Å². The first-order valence-electron chi connectivity index (χ1n) is 10.2. The van der Waals surface area contributed by atoms with Crippen molar-refractivity contribution >= 4 is 45.8 Å². The number of imide groups is 1. The van der Waals surface area contributed by atoms with Gasteiger partial charge in [-0.25, -0.2) is 4.98 Å². The number of amides is 4. The van der Waals surface area contributed by atoms with Gasteiger partial charge in [0, 0.05) is 23.9 Å². The van der Waals surface area contributed by atoms with Crippen LogP contribution in [0.5, 0.6) is 5.75 Å². The van der Waals surface area contributed by atoms with Crippen LogP contribution >= 0.6 is 11.3 Å². The van der Waals surface area contributed by atoms with Crippen molar-refractivity contribution < 1.29 is 23.9 Å². The predicted octanol–water partition coefficient (Wildman–Crippen LogP) is 3.15. The highest BCUT2D eigenvalue weighted by atomic mass is 32.1. The lowest BCUT2D eigenvalue weighted by atomic mass is 10.1. The van der Waals surface area contributed by atoms with E-state index >= 15 is 0 Å². The standard InChI is InChI=1S/C23H18N4O5S/c1-12-20(29)24-16-10-13(6-7-18(16)32-12)17-11-33-23(25-17)26-19(28)8-9-27-21(30)14-4-2-3-5-15(14)22(27)31/h2-7,10-12H,8-9H2,1H3,(H,24,29)(H,25,26,28)/t12-/m0/s1. The summed E-state index contributed by atoms with van der Waals surface area (Å²) >= 11 is 1.25. The summed E-state index contributed by atoms with van der Waals surface area (Å²) < 4.78 is 5.56. The van der Waals surface area contributed by atoms with Crippen LogP contribution in [0.1, 0.15) is 34.1 Å². The molecule has 2 aliphatic heterocycles. The highest BCUT2D eigenvalue weighted by molar-refractivity contribution is 7.14. The van der Waals surface area contributed by atoms with E-state index in [1.165, 1.54) is 11.3 Å². The topological polar surface area (TPSA) is 118 Å². The van der Waals surface area contributed by atoms with Gasteiger partial charge in [-0.3, -0.25) is 24.1 Å². The van der Waals surface area contributed by atoms with Gasteiger partial charge >= 0.3 is 0 Å². The van der Waals surface area contributed by atoms with Crippen LogP contribution in [0.4, 0.5) is 10.8 Å². The first-order chi connectivity index (χ1) is 15.9. The maximum absolute atomic E-state index is 12.4. The van der Waals surface area contributed by atoms with Crippen molar-refractivity contribution in [1.82, 2.24) is 9.88 Å². The van der Waals surface area contributed by atoms with Gasteiger partial charge in [-0.1, -0.05) is 12.1 Å². The Morgan fingerprint density at radius 1 is 1.15 bits per heavy atom. The fourth-order valence-electron chi connectivity index (χ4n) is 3.67. The van der Waals surface area contributed by atoms with Gasteiger partial charge in [0.1, 0.15) is 5.75 Å². The number of carbonyl (C=O) groups excluding carboxylic acids is 4. The Hall–Kier alpha value is -4.05. The summed E-state index contributed by atoms with van der Waals surface area (Å²) in [6.07, 6.45) is -0.592. The van der Waals surface area contributed by atoms with Crippen LogP contribution in [0, 0.1) is 0 Å². The average Bonchev–Trinajstić information content (AvgIpc) is 3.36. The molecular formula is C23H18N4O5S. The molecule has 1 atom stereocenters. The lowest BCUT2D eigenvalue weighted by Gasteiger charge is -2.23. The van der Waals surface area contributed by atoms with Gasteiger partial charge in [-0.2, -0.15) is 0 Å². The number of carbonyl (C=O) groups is 4. The number of nitrogens with zero attached hydrogens (tertiary/aromatic N) is 2. The first kappa shape index (κ1) is 20.8. The molecule has 0 saturated heterocycles. The van der Waals surface area contributed by atoms with Crippen molar-refractivity contribution in [3.63, 3.8) is 0 Å². The number of benzene rings is 2. The molecule has 0 saturated carbocycles. The largest absolute Gasteiger partial charge is 0.479 e. The molecule has 33 heavy (non-hydrogen) atoms. The molecule has 2 aromatic carbocycles. The molecule has 0 unspecified atom stereocenters. The zero-order valence-electron chi connectivity index (χ0n) is 17.5. The van der Waals surface area contributed by atoms with E-state index in [1.54, 1.807) is 48.7 Å². The molecule has 9 nitrogen and oxygen atoms in total. The number of hydrogen-bond donors (Lipinski definition) is 2. The Balaban J connectivity index is 1.22. The predicted molar refractivity (Wildman–Crippen MR) is 121 cm³/mol. The monoisotopic (exact) mass is 462 g/mol. The fourth-order valence-corrected chi connectivity index (χ4v) is 4.41. The van der Waals surface area contributed by atoms with E-state index in [4.69, 9.17) is 4.74 Å². The quantitative estimate of drug-likeness (QED) is 0.563. The number of hydrogen-bond acceptors (Lipinski definition) is 7. The second-order valence-electron chi connectivity index (χ2n) is 7.60. The van der Waals surface area contributed by atoms with Crippen molar-refractivity contribution in [3.8, 4) is 17.0 Å². The summed E-state index contributed by atoms with van der Waals surface area (Å²) in [6.45, 7) is 1.66. The minimum atomic E-state index is -0.551. The lowest BCUT2D eigenvalue weighted by Crippen LogP contribution is -2.34. The highest BCUT2D eigenvalue weighted by Gasteiger charge is 2.35. The average molecular weight is 462 g/mol. The van der Waals surface area contributed by atoms with Gasteiger partial charge in [-0.15, -0.1) is 11.3 Å². The Labute approximate surface area is 192 Å². The van der Waals surface area contributed by atoms with Crippen molar-refractivity contribution in [2.75, 3.05) is 17.2 Å². The Kier molecular flexibility index (Phi) is 5.14. The van der Waals surface area contributed by atoms with Crippen molar-refractivity contribution in [3.05, 3.63) is 59.0 Å². The summed E-state index contributed by atoms with van der Waals surface area (Å²) in [6, 6.07) is 12.0. The van der Waals surface area contributed by atoms with Gasteiger partial charge < -0.3 is 15.4 Å². The van der Waals surface area contributed by atoms with Crippen molar-refractivity contribution in [1.29, 1.82) is 0 Å². The van der Waals surface area contributed by atoms with Crippen LogP contribution in [-0.2, 0) is 9.59 Å². The number of nitrogens with one attached hydrogen (secondary N) is 2. The van der Waals surface area contributed by atoms with Crippen LogP contribution in [0.3, 0.4) is 0 Å². The van der Waals surface area contributed by atoms with Crippen LogP contribution < -0.4 is 15.4 Å². The van der Waals surface area contributed by atoms with Gasteiger partial charge in [0.25, 0.3) is 17.7 Å².